The Hall–Kier alpha value is -4.21. The van der Waals surface area contributed by atoms with Crippen molar-refractivity contribution in [1.82, 2.24) is 5.32 Å². The lowest BCUT2D eigenvalue weighted by atomic mass is 10.0. The number of benzene rings is 2. The number of aryl methyl sites for hydroxylation is 1. The number of carbonyl (C=O) groups is 3. The highest BCUT2D eigenvalue weighted by Crippen LogP contribution is 2.36. The first-order valence-electron chi connectivity index (χ1n) is 8.65. The quantitative estimate of drug-likeness (QED) is 0.347. The number of ether oxygens (including phenoxy) is 2. The number of urea groups is 1. The van der Waals surface area contributed by atoms with Crippen LogP contribution in [0.5, 0.6) is 11.5 Å². The third kappa shape index (κ3) is 3.70. The normalized spacial score (nSPS) is 15.2. The molecule has 0 radical (unpaired) electrons. The Bertz CT molecular complexity index is 1090. The van der Waals surface area contributed by atoms with Gasteiger partial charge in [-0.1, -0.05) is 17.7 Å². The van der Waals surface area contributed by atoms with Crippen molar-refractivity contribution in [2.24, 2.45) is 0 Å². The average molecular weight is 411 g/mol. The summed E-state index contributed by atoms with van der Waals surface area (Å²) in [6, 6.07) is 8.01. The molecular weight excluding hydrogens is 394 g/mol. The minimum Gasteiger partial charge on any atom is -0.493 e. The fourth-order valence-corrected chi connectivity index (χ4v) is 2.90. The molecular formula is C20H17N3O7. The zero-order valence-corrected chi connectivity index (χ0v) is 16.3. The number of carbonyl (C=O) groups excluding carboxylic acids is 3. The molecule has 0 bridgehead atoms. The molecule has 3 rings (SSSR count). The van der Waals surface area contributed by atoms with E-state index in [1.54, 1.807) is 24.3 Å². The second-order valence-electron chi connectivity index (χ2n) is 6.32. The maximum absolute atomic E-state index is 12.9. The van der Waals surface area contributed by atoms with Crippen LogP contribution < -0.4 is 19.7 Å². The summed E-state index contributed by atoms with van der Waals surface area (Å²) in [7, 11) is 2.67. The maximum atomic E-state index is 12.9. The smallest absolute Gasteiger partial charge is 0.335 e. The predicted molar refractivity (Wildman–Crippen MR) is 106 cm³/mol. The van der Waals surface area contributed by atoms with Gasteiger partial charge in [-0.15, -0.1) is 0 Å². The molecule has 0 unspecified atom stereocenters. The van der Waals surface area contributed by atoms with Crippen molar-refractivity contribution in [3.63, 3.8) is 0 Å². The van der Waals surface area contributed by atoms with E-state index < -0.39 is 34.0 Å². The lowest BCUT2D eigenvalue weighted by molar-refractivity contribution is -0.385. The highest BCUT2D eigenvalue weighted by Gasteiger charge is 2.37. The van der Waals surface area contributed by atoms with Crippen LogP contribution in [0, 0.1) is 17.0 Å². The number of amides is 4. The third-order valence-corrected chi connectivity index (χ3v) is 4.42. The first-order valence-corrected chi connectivity index (χ1v) is 8.65. The number of rotatable bonds is 5. The van der Waals surface area contributed by atoms with Gasteiger partial charge in [0.05, 0.1) is 36.5 Å². The second-order valence-corrected chi connectivity index (χ2v) is 6.32. The maximum Gasteiger partial charge on any atom is 0.335 e. The van der Waals surface area contributed by atoms with Crippen LogP contribution in [0.15, 0.2) is 42.0 Å². The fraction of sp³-hybridized carbons (Fsp3) is 0.150. The molecule has 0 spiro atoms. The van der Waals surface area contributed by atoms with E-state index in [1.165, 1.54) is 20.3 Å². The Morgan fingerprint density at radius 3 is 2.20 bits per heavy atom. The second kappa shape index (κ2) is 8.03. The van der Waals surface area contributed by atoms with Gasteiger partial charge in [0.25, 0.3) is 17.5 Å². The van der Waals surface area contributed by atoms with Gasteiger partial charge in [-0.2, -0.15) is 0 Å². The summed E-state index contributed by atoms with van der Waals surface area (Å²) in [5, 5.41) is 13.6. The summed E-state index contributed by atoms with van der Waals surface area (Å²) in [5.41, 5.74) is 0.263. The van der Waals surface area contributed by atoms with E-state index in [1.807, 2.05) is 6.92 Å². The molecule has 0 aliphatic carbocycles. The first kappa shape index (κ1) is 20.5. The number of hydrogen-bond donors (Lipinski definition) is 1. The zero-order valence-electron chi connectivity index (χ0n) is 16.3. The van der Waals surface area contributed by atoms with Gasteiger partial charge in [-0.25, -0.2) is 9.69 Å². The Morgan fingerprint density at radius 1 is 1.03 bits per heavy atom. The molecule has 154 valence electrons. The molecule has 1 aliphatic heterocycles. The van der Waals surface area contributed by atoms with E-state index in [-0.39, 0.29) is 22.7 Å². The van der Waals surface area contributed by atoms with Gasteiger partial charge in [-0.3, -0.25) is 25.0 Å². The Labute approximate surface area is 170 Å². The van der Waals surface area contributed by atoms with E-state index in [2.05, 4.69) is 5.32 Å². The van der Waals surface area contributed by atoms with Gasteiger partial charge in [-0.05, 0) is 31.2 Å². The van der Waals surface area contributed by atoms with E-state index in [0.29, 0.717) is 0 Å². The Balaban J connectivity index is 2.12. The number of hydrogen-bond acceptors (Lipinski definition) is 7. The van der Waals surface area contributed by atoms with Crippen molar-refractivity contribution in [2.75, 3.05) is 19.1 Å². The van der Waals surface area contributed by atoms with Crippen LogP contribution in [-0.4, -0.2) is 37.0 Å². The molecule has 1 heterocycles. The molecule has 0 atom stereocenters. The standard InChI is InChI=1S/C20H17N3O7/c1-11-4-6-13(7-5-11)22-19(25)14(18(24)21-20(22)26)8-12-9-16(29-2)17(30-3)10-15(12)23(27)28/h4-10H,1-3H3,(H,21,24,26)/b14-8+. The van der Waals surface area contributed by atoms with Gasteiger partial charge in [0.1, 0.15) is 5.57 Å². The van der Waals surface area contributed by atoms with Crippen molar-refractivity contribution in [2.45, 2.75) is 6.92 Å². The molecule has 2 aromatic rings. The minimum atomic E-state index is -0.961. The summed E-state index contributed by atoms with van der Waals surface area (Å²) >= 11 is 0. The summed E-state index contributed by atoms with van der Waals surface area (Å²) < 4.78 is 10.2. The van der Waals surface area contributed by atoms with Crippen LogP contribution in [0.1, 0.15) is 11.1 Å². The molecule has 10 nitrogen and oxygen atoms in total. The van der Waals surface area contributed by atoms with E-state index >= 15 is 0 Å². The summed E-state index contributed by atoms with van der Waals surface area (Å²) in [5.74, 6) is -1.58. The lowest BCUT2D eigenvalue weighted by Crippen LogP contribution is -2.54. The van der Waals surface area contributed by atoms with Gasteiger partial charge in [0, 0.05) is 0 Å². The van der Waals surface area contributed by atoms with E-state index in [9.17, 15) is 24.5 Å². The summed E-state index contributed by atoms with van der Waals surface area (Å²) in [6.07, 6.45) is 1.05. The van der Waals surface area contributed by atoms with E-state index in [4.69, 9.17) is 9.47 Å². The zero-order chi connectivity index (χ0) is 22.0. The predicted octanol–water partition coefficient (Wildman–Crippen LogP) is 2.59. The van der Waals surface area contributed by atoms with Gasteiger partial charge in [0.2, 0.25) is 0 Å². The monoisotopic (exact) mass is 411 g/mol. The SMILES string of the molecule is COc1cc(/C=C2\C(=O)NC(=O)N(c3ccc(C)cc3)C2=O)c([N+](=O)[O-])cc1OC. The van der Waals surface area contributed by atoms with Gasteiger partial charge < -0.3 is 9.47 Å². The molecule has 10 heteroatoms. The van der Waals surface area contributed by atoms with Crippen molar-refractivity contribution < 1.29 is 28.8 Å². The van der Waals surface area contributed by atoms with Crippen LogP contribution in [0.2, 0.25) is 0 Å². The van der Waals surface area contributed by atoms with E-state index in [0.717, 1.165) is 22.6 Å². The Kier molecular flexibility index (Phi) is 5.50. The molecule has 1 aliphatic rings. The van der Waals surface area contributed by atoms with Crippen LogP contribution in [0.4, 0.5) is 16.2 Å². The van der Waals surface area contributed by atoms with Crippen molar-refractivity contribution in [3.05, 3.63) is 63.2 Å². The molecule has 2 aromatic carbocycles. The summed E-state index contributed by atoms with van der Waals surface area (Å²) in [4.78, 5) is 49.1. The van der Waals surface area contributed by atoms with Crippen molar-refractivity contribution >= 4 is 35.3 Å². The molecule has 1 N–H and O–H groups in total. The number of nitro groups is 1. The largest absolute Gasteiger partial charge is 0.493 e. The van der Waals surface area contributed by atoms with Gasteiger partial charge in [0.15, 0.2) is 11.5 Å². The molecule has 30 heavy (non-hydrogen) atoms. The van der Waals surface area contributed by atoms with Crippen LogP contribution in [0.3, 0.4) is 0 Å². The number of imide groups is 2. The number of barbiturate groups is 1. The number of anilines is 1. The topological polar surface area (TPSA) is 128 Å². The molecule has 1 fully saturated rings. The molecule has 1 saturated heterocycles. The minimum absolute atomic E-state index is 0.0608. The van der Waals surface area contributed by atoms with Crippen LogP contribution in [-0.2, 0) is 9.59 Å². The fourth-order valence-electron chi connectivity index (χ4n) is 2.90. The number of nitro benzene ring substituents is 1. The highest BCUT2D eigenvalue weighted by molar-refractivity contribution is 6.39. The molecule has 4 amide bonds. The van der Waals surface area contributed by atoms with Crippen molar-refractivity contribution in [1.29, 1.82) is 0 Å². The van der Waals surface area contributed by atoms with Crippen LogP contribution >= 0.6 is 0 Å². The summed E-state index contributed by atoms with van der Waals surface area (Å²) in [6.45, 7) is 1.84. The molecule has 0 saturated carbocycles. The number of nitrogens with zero attached hydrogens (tertiary/aromatic N) is 2. The molecule has 0 aromatic heterocycles. The number of methoxy groups -OCH3 is 2. The number of nitrogens with one attached hydrogen (secondary N) is 1. The van der Waals surface area contributed by atoms with Crippen molar-refractivity contribution in [3.8, 4) is 11.5 Å². The van der Waals surface area contributed by atoms with Gasteiger partial charge >= 0.3 is 6.03 Å². The average Bonchev–Trinajstić information content (AvgIpc) is 2.71. The first-order chi connectivity index (χ1) is 14.3. The highest BCUT2D eigenvalue weighted by atomic mass is 16.6. The van der Waals surface area contributed by atoms with Crippen LogP contribution in [0.25, 0.3) is 6.08 Å². The lowest BCUT2D eigenvalue weighted by Gasteiger charge is -2.26. The Morgan fingerprint density at radius 2 is 1.63 bits per heavy atom. The third-order valence-electron chi connectivity index (χ3n) is 4.42.